The highest BCUT2D eigenvalue weighted by molar-refractivity contribution is 5.76. The molecule has 18 heavy (non-hydrogen) atoms. The van der Waals surface area contributed by atoms with Gasteiger partial charge >= 0.3 is 0 Å². The van der Waals surface area contributed by atoms with Crippen molar-refractivity contribution in [3.63, 3.8) is 0 Å². The summed E-state index contributed by atoms with van der Waals surface area (Å²) in [6, 6.07) is 0.218. The molecular formula is C15H30N2O. The largest absolute Gasteiger partial charge is 0.352 e. The van der Waals surface area contributed by atoms with E-state index < -0.39 is 0 Å². The van der Waals surface area contributed by atoms with E-state index in [2.05, 4.69) is 12.2 Å². The predicted octanol–water partition coefficient (Wildman–Crippen LogP) is 2.98. The van der Waals surface area contributed by atoms with Crippen LogP contribution in [0.2, 0.25) is 0 Å². The van der Waals surface area contributed by atoms with Crippen LogP contribution in [0.25, 0.3) is 0 Å². The van der Waals surface area contributed by atoms with Crippen LogP contribution in [0.3, 0.4) is 0 Å². The van der Waals surface area contributed by atoms with Gasteiger partial charge in [-0.25, -0.2) is 0 Å². The number of hydrogen-bond donors (Lipinski definition) is 2. The Morgan fingerprint density at radius 2 is 1.89 bits per heavy atom. The third-order valence-corrected chi connectivity index (χ3v) is 4.08. The molecule has 1 atom stereocenters. The summed E-state index contributed by atoms with van der Waals surface area (Å²) in [5.74, 6) is 0.827. The quantitative estimate of drug-likeness (QED) is 0.621. The molecule has 0 aliphatic heterocycles. The molecule has 0 bridgehead atoms. The highest BCUT2D eigenvalue weighted by Gasteiger charge is 2.24. The zero-order valence-corrected chi connectivity index (χ0v) is 11.9. The molecule has 3 N–H and O–H groups in total. The molecule has 0 spiro atoms. The van der Waals surface area contributed by atoms with Crippen molar-refractivity contribution in [3.05, 3.63) is 0 Å². The summed E-state index contributed by atoms with van der Waals surface area (Å²) in [6.07, 6.45) is 11.7. The molecule has 1 fully saturated rings. The van der Waals surface area contributed by atoms with E-state index in [9.17, 15) is 4.79 Å². The smallest absolute Gasteiger partial charge is 0.220 e. The summed E-state index contributed by atoms with van der Waals surface area (Å²) in [4.78, 5) is 11.8. The van der Waals surface area contributed by atoms with Gasteiger partial charge in [-0.2, -0.15) is 0 Å². The van der Waals surface area contributed by atoms with E-state index in [0.29, 0.717) is 18.9 Å². The molecule has 1 aliphatic carbocycles. The van der Waals surface area contributed by atoms with Gasteiger partial charge in [-0.1, -0.05) is 45.4 Å². The van der Waals surface area contributed by atoms with E-state index in [1.165, 1.54) is 51.4 Å². The van der Waals surface area contributed by atoms with E-state index in [1.807, 2.05) is 0 Å². The second-order valence-corrected chi connectivity index (χ2v) is 5.62. The van der Waals surface area contributed by atoms with Gasteiger partial charge in [0.2, 0.25) is 5.91 Å². The first-order valence-corrected chi connectivity index (χ1v) is 7.77. The third-order valence-electron chi connectivity index (χ3n) is 4.08. The SMILES string of the molecule is CCCCCCCC(=O)NC(CN)C1CCCC1. The molecule has 0 heterocycles. The number of amides is 1. The molecule has 1 saturated carbocycles. The van der Waals surface area contributed by atoms with Crippen molar-refractivity contribution in [1.29, 1.82) is 0 Å². The van der Waals surface area contributed by atoms with Crippen molar-refractivity contribution in [2.75, 3.05) is 6.54 Å². The van der Waals surface area contributed by atoms with Crippen molar-refractivity contribution >= 4 is 5.91 Å². The molecule has 0 radical (unpaired) electrons. The van der Waals surface area contributed by atoms with Gasteiger partial charge in [0.1, 0.15) is 0 Å². The first kappa shape index (κ1) is 15.5. The maximum Gasteiger partial charge on any atom is 0.220 e. The van der Waals surface area contributed by atoms with Crippen LogP contribution in [-0.2, 0) is 4.79 Å². The van der Waals surface area contributed by atoms with Crippen LogP contribution in [0.15, 0.2) is 0 Å². The van der Waals surface area contributed by atoms with Crippen molar-refractivity contribution in [2.45, 2.75) is 77.2 Å². The lowest BCUT2D eigenvalue weighted by atomic mass is 9.98. The standard InChI is InChI=1S/C15H30N2O/c1-2-3-4-5-6-11-15(18)17-14(12-16)13-9-7-8-10-13/h13-14H,2-12,16H2,1H3,(H,17,18). The Hall–Kier alpha value is -0.570. The fourth-order valence-corrected chi connectivity index (χ4v) is 2.90. The van der Waals surface area contributed by atoms with Crippen LogP contribution in [0.1, 0.15) is 71.1 Å². The van der Waals surface area contributed by atoms with E-state index in [-0.39, 0.29) is 11.9 Å². The average Bonchev–Trinajstić information content (AvgIpc) is 2.89. The molecule has 0 saturated heterocycles. The Balaban J connectivity index is 2.12. The maximum atomic E-state index is 11.8. The number of carbonyl (C=O) groups excluding carboxylic acids is 1. The molecule has 1 amide bonds. The van der Waals surface area contributed by atoms with E-state index in [0.717, 1.165) is 6.42 Å². The van der Waals surface area contributed by atoms with Gasteiger partial charge in [0.25, 0.3) is 0 Å². The fraction of sp³-hybridized carbons (Fsp3) is 0.933. The summed E-state index contributed by atoms with van der Waals surface area (Å²) in [6.45, 7) is 2.80. The molecule has 0 aromatic heterocycles. The van der Waals surface area contributed by atoms with Crippen LogP contribution in [-0.4, -0.2) is 18.5 Å². The van der Waals surface area contributed by atoms with Crippen LogP contribution in [0.5, 0.6) is 0 Å². The monoisotopic (exact) mass is 254 g/mol. The third kappa shape index (κ3) is 5.85. The van der Waals surface area contributed by atoms with E-state index >= 15 is 0 Å². The van der Waals surface area contributed by atoms with Crippen molar-refractivity contribution < 1.29 is 4.79 Å². The number of nitrogens with one attached hydrogen (secondary N) is 1. The lowest BCUT2D eigenvalue weighted by Crippen LogP contribution is -2.44. The van der Waals surface area contributed by atoms with Crippen LogP contribution in [0.4, 0.5) is 0 Å². The van der Waals surface area contributed by atoms with Gasteiger partial charge in [-0.05, 0) is 25.2 Å². The topological polar surface area (TPSA) is 55.1 Å². The summed E-state index contributed by atoms with van der Waals surface area (Å²) in [7, 11) is 0. The predicted molar refractivity (Wildman–Crippen MR) is 76.3 cm³/mol. The lowest BCUT2D eigenvalue weighted by Gasteiger charge is -2.23. The minimum atomic E-state index is 0.203. The van der Waals surface area contributed by atoms with Crippen molar-refractivity contribution in [2.24, 2.45) is 11.7 Å². The number of nitrogens with two attached hydrogens (primary N) is 1. The van der Waals surface area contributed by atoms with Gasteiger partial charge in [0.15, 0.2) is 0 Å². The fourth-order valence-electron chi connectivity index (χ4n) is 2.90. The second-order valence-electron chi connectivity index (χ2n) is 5.62. The minimum Gasteiger partial charge on any atom is -0.352 e. The number of rotatable bonds is 9. The average molecular weight is 254 g/mol. The van der Waals surface area contributed by atoms with Gasteiger partial charge in [0, 0.05) is 19.0 Å². The Morgan fingerprint density at radius 3 is 2.50 bits per heavy atom. The zero-order chi connectivity index (χ0) is 13.2. The molecule has 1 aliphatic rings. The Kier molecular flexibility index (Phi) is 8.06. The highest BCUT2D eigenvalue weighted by atomic mass is 16.1. The number of carbonyl (C=O) groups is 1. The first-order valence-electron chi connectivity index (χ1n) is 7.77. The highest BCUT2D eigenvalue weighted by Crippen LogP contribution is 2.27. The molecular weight excluding hydrogens is 224 g/mol. The van der Waals surface area contributed by atoms with Crippen LogP contribution >= 0.6 is 0 Å². The Bertz CT molecular complexity index is 225. The summed E-state index contributed by atoms with van der Waals surface area (Å²) >= 11 is 0. The summed E-state index contributed by atoms with van der Waals surface area (Å²) in [5, 5.41) is 3.14. The molecule has 1 unspecified atom stereocenters. The zero-order valence-electron chi connectivity index (χ0n) is 11.9. The molecule has 1 rings (SSSR count). The minimum absolute atomic E-state index is 0.203. The van der Waals surface area contributed by atoms with Gasteiger partial charge in [-0.15, -0.1) is 0 Å². The van der Waals surface area contributed by atoms with Crippen LogP contribution in [0, 0.1) is 5.92 Å². The molecule has 106 valence electrons. The molecule has 3 heteroatoms. The second kappa shape index (κ2) is 9.37. The van der Waals surface area contributed by atoms with Gasteiger partial charge in [-0.3, -0.25) is 4.79 Å². The Morgan fingerprint density at radius 1 is 1.22 bits per heavy atom. The lowest BCUT2D eigenvalue weighted by molar-refractivity contribution is -0.122. The Labute approximate surface area is 112 Å². The number of hydrogen-bond acceptors (Lipinski definition) is 2. The molecule has 3 nitrogen and oxygen atoms in total. The molecule has 0 aromatic rings. The summed E-state index contributed by atoms with van der Waals surface area (Å²) in [5.41, 5.74) is 5.78. The van der Waals surface area contributed by atoms with Crippen LogP contribution < -0.4 is 11.1 Å². The normalized spacial score (nSPS) is 17.9. The van der Waals surface area contributed by atoms with Gasteiger partial charge < -0.3 is 11.1 Å². The van der Waals surface area contributed by atoms with Crippen molar-refractivity contribution in [1.82, 2.24) is 5.32 Å². The van der Waals surface area contributed by atoms with E-state index in [4.69, 9.17) is 5.73 Å². The number of unbranched alkanes of at least 4 members (excludes halogenated alkanes) is 4. The maximum absolute atomic E-state index is 11.8. The van der Waals surface area contributed by atoms with E-state index in [1.54, 1.807) is 0 Å². The first-order chi connectivity index (χ1) is 8.77. The van der Waals surface area contributed by atoms with Crippen molar-refractivity contribution in [3.8, 4) is 0 Å². The molecule has 0 aromatic carbocycles. The van der Waals surface area contributed by atoms with Gasteiger partial charge in [0.05, 0.1) is 0 Å². The summed E-state index contributed by atoms with van der Waals surface area (Å²) < 4.78 is 0.